The van der Waals surface area contributed by atoms with Crippen LogP contribution in [0.25, 0.3) is 0 Å². The number of rotatable bonds is 2. The minimum absolute atomic E-state index is 0.195. The summed E-state index contributed by atoms with van der Waals surface area (Å²) in [6, 6.07) is 0. The van der Waals surface area contributed by atoms with Crippen molar-refractivity contribution in [2.24, 2.45) is 5.92 Å². The van der Waals surface area contributed by atoms with Crippen LogP contribution in [-0.4, -0.2) is 53.4 Å². The quantitative estimate of drug-likeness (QED) is 0.815. The number of ketones is 1. The highest BCUT2D eigenvalue weighted by atomic mass is 16.1. The highest BCUT2D eigenvalue weighted by Crippen LogP contribution is 2.25. The normalized spacial score (nSPS) is 23.8. The maximum atomic E-state index is 12.0. The first-order valence-corrected chi connectivity index (χ1v) is 7.53. The van der Waals surface area contributed by atoms with E-state index in [-0.39, 0.29) is 5.78 Å². The molecule has 0 bridgehead atoms. The summed E-state index contributed by atoms with van der Waals surface area (Å²) in [5.74, 6) is 1.39. The van der Waals surface area contributed by atoms with Crippen LogP contribution in [0.1, 0.15) is 36.3 Å². The van der Waals surface area contributed by atoms with E-state index >= 15 is 0 Å². The van der Waals surface area contributed by atoms with Crippen molar-refractivity contribution in [1.29, 1.82) is 0 Å². The first-order chi connectivity index (χ1) is 9.67. The number of hydrogen-bond acceptors (Lipinski definition) is 5. The monoisotopic (exact) mass is 274 g/mol. The Morgan fingerprint density at radius 1 is 1.25 bits per heavy atom. The molecule has 0 unspecified atom stereocenters. The van der Waals surface area contributed by atoms with Gasteiger partial charge < -0.3 is 9.80 Å². The first kappa shape index (κ1) is 13.5. The molecule has 1 aliphatic carbocycles. The van der Waals surface area contributed by atoms with Gasteiger partial charge in [0.05, 0.1) is 11.3 Å². The molecule has 108 valence electrons. The third-order valence-corrected chi connectivity index (χ3v) is 4.33. The van der Waals surface area contributed by atoms with Crippen molar-refractivity contribution in [2.75, 3.05) is 37.6 Å². The SMILES string of the molecule is CCN1CCN(c2ncc3c(n2)C[C@@H](C)CC3=O)CC1. The van der Waals surface area contributed by atoms with E-state index in [4.69, 9.17) is 0 Å². The van der Waals surface area contributed by atoms with E-state index in [1.165, 1.54) is 0 Å². The standard InChI is InChI=1S/C15H22N4O/c1-3-18-4-6-19(7-5-18)15-16-10-12-13(17-15)8-11(2)9-14(12)20/h10-11H,3-9H2,1-2H3/t11-/m1/s1. The Morgan fingerprint density at radius 2 is 2.00 bits per heavy atom. The molecule has 1 aromatic rings. The summed E-state index contributed by atoms with van der Waals surface area (Å²) in [5.41, 5.74) is 1.68. The molecule has 5 nitrogen and oxygen atoms in total. The second kappa shape index (κ2) is 5.48. The lowest BCUT2D eigenvalue weighted by Crippen LogP contribution is -2.46. The lowest BCUT2D eigenvalue weighted by atomic mass is 9.88. The summed E-state index contributed by atoms with van der Waals surface area (Å²) in [6.07, 6.45) is 3.26. The molecule has 1 fully saturated rings. The number of aromatic nitrogens is 2. The molecule has 1 atom stereocenters. The fraction of sp³-hybridized carbons (Fsp3) is 0.667. The predicted molar refractivity (Wildman–Crippen MR) is 78.2 cm³/mol. The maximum Gasteiger partial charge on any atom is 0.225 e. The Kier molecular flexibility index (Phi) is 3.70. The van der Waals surface area contributed by atoms with Crippen molar-refractivity contribution in [3.8, 4) is 0 Å². The number of carbonyl (C=O) groups is 1. The van der Waals surface area contributed by atoms with Crippen LogP contribution in [0.3, 0.4) is 0 Å². The Hall–Kier alpha value is -1.49. The molecule has 1 aliphatic heterocycles. The number of likely N-dealkylation sites (N-methyl/N-ethyl adjacent to an activating group) is 1. The molecule has 0 aromatic carbocycles. The summed E-state index contributed by atoms with van der Waals surface area (Å²) in [4.78, 5) is 25.7. The summed E-state index contributed by atoms with van der Waals surface area (Å²) in [5, 5.41) is 0. The van der Waals surface area contributed by atoms with Gasteiger partial charge in [-0.1, -0.05) is 13.8 Å². The summed E-state index contributed by atoms with van der Waals surface area (Å²) in [6.45, 7) is 9.47. The molecule has 2 aliphatic rings. The topological polar surface area (TPSA) is 49.3 Å². The number of hydrogen-bond donors (Lipinski definition) is 0. The highest BCUT2D eigenvalue weighted by molar-refractivity contribution is 5.98. The van der Waals surface area contributed by atoms with Gasteiger partial charge in [0.1, 0.15) is 0 Å². The van der Waals surface area contributed by atoms with Crippen molar-refractivity contribution in [1.82, 2.24) is 14.9 Å². The maximum absolute atomic E-state index is 12.0. The lowest BCUT2D eigenvalue weighted by molar-refractivity contribution is 0.0951. The van der Waals surface area contributed by atoms with Gasteiger partial charge in [-0.25, -0.2) is 9.97 Å². The summed E-state index contributed by atoms with van der Waals surface area (Å²) >= 11 is 0. The van der Waals surface area contributed by atoms with E-state index in [1.54, 1.807) is 6.20 Å². The molecule has 0 spiro atoms. The third-order valence-electron chi connectivity index (χ3n) is 4.33. The molecular weight excluding hydrogens is 252 g/mol. The molecule has 0 N–H and O–H groups in total. The zero-order chi connectivity index (χ0) is 14.1. The second-order valence-electron chi connectivity index (χ2n) is 5.89. The molecule has 0 saturated carbocycles. The van der Waals surface area contributed by atoms with Gasteiger partial charge in [0.15, 0.2) is 5.78 Å². The van der Waals surface area contributed by atoms with E-state index in [2.05, 4.69) is 33.6 Å². The van der Waals surface area contributed by atoms with E-state index in [0.717, 1.165) is 56.4 Å². The largest absolute Gasteiger partial charge is 0.338 e. The minimum Gasteiger partial charge on any atom is -0.338 e. The van der Waals surface area contributed by atoms with Crippen molar-refractivity contribution in [2.45, 2.75) is 26.7 Å². The van der Waals surface area contributed by atoms with Crippen LogP contribution in [-0.2, 0) is 6.42 Å². The smallest absolute Gasteiger partial charge is 0.225 e. The van der Waals surface area contributed by atoms with Gasteiger partial charge in [0.2, 0.25) is 5.95 Å². The minimum atomic E-state index is 0.195. The molecule has 3 rings (SSSR count). The van der Waals surface area contributed by atoms with Crippen LogP contribution in [0.5, 0.6) is 0 Å². The molecule has 0 radical (unpaired) electrons. The zero-order valence-corrected chi connectivity index (χ0v) is 12.3. The van der Waals surface area contributed by atoms with Crippen LogP contribution in [0.2, 0.25) is 0 Å². The number of fused-ring (bicyclic) bond motifs is 1. The van der Waals surface area contributed by atoms with Gasteiger partial charge >= 0.3 is 0 Å². The van der Waals surface area contributed by atoms with Gasteiger partial charge in [-0.05, 0) is 18.9 Å². The van der Waals surface area contributed by atoms with Crippen molar-refractivity contribution in [3.63, 3.8) is 0 Å². The fourth-order valence-corrected chi connectivity index (χ4v) is 3.04. The number of nitrogens with zero attached hydrogens (tertiary/aromatic N) is 4. The predicted octanol–water partition coefficient (Wildman–Crippen LogP) is 1.38. The number of piperazine rings is 1. The van der Waals surface area contributed by atoms with E-state index in [0.29, 0.717) is 12.3 Å². The number of anilines is 1. The molecule has 1 saturated heterocycles. The molecule has 1 aromatic heterocycles. The van der Waals surface area contributed by atoms with Crippen molar-refractivity contribution >= 4 is 11.7 Å². The molecular formula is C15H22N4O. The van der Waals surface area contributed by atoms with Crippen molar-refractivity contribution < 1.29 is 4.79 Å². The Morgan fingerprint density at radius 3 is 2.70 bits per heavy atom. The van der Waals surface area contributed by atoms with E-state index in [9.17, 15) is 4.79 Å². The average Bonchev–Trinajstić information content (AvgIpc) is 2.46. The van der Waals surface area contributed by atoms with Gasteiger partial charge in [0.25, 0.3) is 0 Å². The van der Waals surface area contributed by atoms with Gasteiger partial charge in [-0.3, -0.25) is 4.79 Å². The van der Waals surface area contributed by atoms with Crippen LogP contribution in [0.4, 0.5) is 5.95 Å². The second-order valence-corrected chi connectivity index (χ2v) is 5.89. The third kappa shape index (κ3) is 2.54. The summed E-state index contributed by atoms with van der Waals surface area (Å²) in [7, 11) is 0. The number of carbonyl (C=O) groups excluding carboxylic acids is 1. The van der Waals surface area contributed by atoms with E-state index in [1.807, 2.05) is 0 Å². The zero-order valence-electron chi connectivity index (χ0n) is 12.3. The number of Topliss-reactive ketones (excluding diaryl/α,β-unsaturated/α-hetero) is 1. The Bertz CT molecular complexity index is 509. The molecule has 2 heterocycles. The fourth-order valence-electron chi connectivity index (χ4n) is 3.04. The van der Waals surface area contributed by atoms with Crippen LogP contribution >= 0.6 is 0 Å². The van der Waals surface area contributed by atoms with Crippen molar-refractivity contribution in [3.05, 3.63) is 17.5 Å². The Balaban J connectivity index is 1.79. The van der Waals surface area contributed by atoms with E-state index < -0.39 is 0 Å². The van der Waals surface area contributed by atoms with Crippen LogP contribution in [0.15, 0.2) is 6.20 Å². The lowest BCUT2D eigenvalue weighted by Gasteiger charge is -2.34. The average molecular weight is 274 g/mol. The van der Waals surface area contributed by atoms with Crippen LogP contribution < -0.4 is 4.90 Å². The molecule has 5 heteroatoms. The van der Waals surface area contributed by atoms with Gasteiger partial charge in [-0.15, -0.1) is 0 Å². The van der Waals surface area contributed by atoms with Gasteiger partial charge in [0, 0.05) is 38.8 Å². The summed E-state index contributed by atoms with van der Waals surface area (Å²) < 4.78 is 0. The molecule has 20 heavy (non-hydrogen) atoms. The molecule has 0 amide bonds. The van der Waals surface area contributed by atoms with Crippen LogP contribution in [0, 0.1) is 5.92 Å². The first-order valence-electron chi connectivity index (χ1n) is 7.53. The Labute approximate surface area is 120 Å². The van der Waals surface area contributed by atoms with Gasteiger partial charge in [-0.2, -0.15) is 0 Å². The highest BCUT2D eigenvalue weighted by Gasteiger charge is 2.26.